The number of rotatable bonds is 6. The highest BCUT2D eigenvalue weighted by Crippen LogP contribution is 2.27. The number of nitrogens with zero attached hydrogens (tertiary/aromatic N) is 1. The number of carboxylic acid groups (broad SMARTS) is 2. The average Bonchev–Trinajstić information content (AvgIpc) is 2.53. The molecule has 0 aromatic heterocycles. The lowest BCUT2D eigenvalue weighted by atomic mass is 10.0. The van der Waals surface area contributed by atoms with Crippen LogP contribution in [0, 0.1) is 0 Å². The Labute approximate surface area is 141 Å². The molecule has 1 atom stereocenters. The van der Waals surface area contributed by atoms with Gasteiger partial charge in [-0.05, 0) is 25.2 Å². The first-order chi connectivity index (χ1) is 11.4. The van der Waals surface area contributed by atoms with Crippen molar-refractivity contribution in [3.05, 3.63) is 47.5 Å². The van der Waals surface area contributed by atoms with E-state index in [1.807, 2.05) is 6.07 Å². The first-order valence-corrected chi connectivity index (χ1v) is 7.46. The van der Waals surface area contributed by atoms with E-state index in [9.17, 15) is 9.59 Å². The predicted octanol–water partition coefficient (Wildman–Crippen LogP) is 1.55. The molecular weight excluding hydrogens is 314 g/mol. The van der Waals surface area contributed by atoms with Crippen molar-refractivity contribution in [3.63, 3.8) is 0 Å². The number of fused-ring (bicyclic) bond motifs is 1. The third-order valence-corrected chi connectivity index (χ3v) is 3.15. The fourth-order valence-electron chi connectivity index (χ4n) is 2.00. The van der Waals surface area contributed by atoms with E-state index in [0.717, 1.165) is 13.2 Å². The molecule has 1 unspecified atom stereocenters. The van der Waals surface area contributed by atoms with E-state index in [2.05, 4.69) is 37.2 Å². The van der Waals surface area contributed by atoms with Crippen molar-refractivity contribution in [3.8, 4) is 0 Å². The van der Waals surface area contributed by atoms with Crippen LogP contribution in [0.2, 0.25) is 0 Å². The molecule has 1 aliphatic rings. The number of benzene rings is 1. The topological polar surface area (TPSA) is 96.3 Å². The van der Waals surface area contributed by atoms with Gasteiger partial charge in [0.25, 0.3) is 0 Å². The minimum absolute atomic E-state index is 0.102. The maximum atomic E-state index is 9.55. The van der Waals surface area contributed by atoms with E-state index in [4.69, 9.17) is 19.7 Å². The van der Waals surface area contributed by atoms with Crippen molar-refractivity contribution in [2.75, 3.05) is 33.9 Å². The number of aliphatic carboxylic acids is 2. The van der Waals surface area contributed by atoms with Crippen LogP contribution < -0.4 is 0 Å². The van der Waals surface area contributed by atoms with Crippen molar-refractivity contribution in [1.29, 1.82) is 0 Å². The zero-order valence-corrected chi connectivity index (χ0v) is 13.8. The lowest BCUT2D eigenvalue weighted by Crippen LogP contribution is -2.24. The zero-order chi connectivity index (χ0) is 17.9. The number of hydrogen-bond donors (Lipinski definition) is 2. The number of carbonyl (C=O) groups is 2. The molecule has 2 N–H and O–H groups in total. The Balaban J connectivity index is 0.000000307. The molecule has 0 fully saturated rings. The minimum atomic E-state index is -1.26. The molecule has 0 aliphatic carbocycles. The quantitative estimate of drug-likeness (QED) is 0.760. The van der Waals surface area contributed by atoms with Crippen LogP contribution in [-0.4, -0.2) is 60.9 Å². The van der Waals surface area contributed by atoms with Crippen LogP contribution >= 0.6 is 0 Å². The van der Waals surface area contributed by atoms with Gasteiger partial charge in [-0.15, -0.1) is 0 Å². The van der Waals surface area contributed by atoms with Crippen molar-refractivity contribution in [2.45, 2.75) is 12.7 Å². The average molecular weight is 337 g/mol. The van der Waals surface area contributed by atoms with Crippen molar-refractivity contribution >= 4 is 11.9 Å². The van der Waals surface area contributed by atoms with Gasteiger partial charge in [0.1, 0.15) is 6.10 Å². The van der Waals surface area contributed by atoms with Crippen LogP contribution in [0.5, 0.6) is 0 Å². The normalized spacial score (nSPS) is 16.4. The van der Waals surface area contributed by atoms with Gasteiger partial charge < -0.3 is 24.6 Å². The Kier molecular flexibility index (Phi) is 8.70. The van der Waals surface area contributed by atoms with E-state index in [1.54, 1.807) is 0 Å². The molecule has 0 saturated carbocycles. The van der Waals surface area contributed by atoms with Gasteiger partial charge in [-0.25, -0.2) is 9.59 Å². The molecule has 1 aliphatic heterocycles. The molecule has 7 heteroatoms. The molecule has 2 rings (SSSR count). The lowest BCUT2D eigenvalue weighted by Gasteiger charge is -2.26. The largest absolute Gasteiger partial charge is 0.478 e. The minimum Gasteiger partial charge on any atom is -0.478 e. The summed E-state index contributed by atoms with van der Waals surface area (Å²) in [6.07, 6.45) is 1.22. The van der Waals surface area contributed by atoms with Gasteiger partial charge in [0.05, 0.1) is 19.8 Å². The van der Waals surface area contributed by atoms with Crippen LogP contribution in [0.4, 0.5) is 0 Å². The predicted molar refractivity (Wildman–Crippen MR) is 87.8 cm³/mol. The monoisotopic (exact) mass is 337 g/mol. The Morgan fingerprint density at radius 3 is 2.46 bits per heavy atom. The lowest BCUT2D eigenvalue weighted by molar-refractivity contribution is -0.134. The second kappa shape index (κ2) is 10.5. The maximum absolute atomic E-state index is 9.55. The van der Waals surface area contributed by atoms with E-state index in [1.165, 1.54) is 11.1 Å². The SMILES string of the molecule is CN(C)CCOC1COCc2ccccc21.O=C(O)C=CC(=O)O. The van der Waals surface area contributed by atoms with E-state index in [-0.39, 0.29) is 6.10 Å². The Morgan fingerprint density at radius 2 is 1.88 bits per heavy atom. The summed E-state index contributed by atoms with van der Waals surface area (Å²) in [7, 11) is 4.10. The Morgan fingerprint density at radius 1 is 1.25 bits per heavy atom. The summed E-state index contributed by atoms with van der Waals surface area (Å²) in [5.74, 6) is -2.51. The van der Waals surface area contributed by atoms with E-state index in [0.29, 0.717) is 25.4 Å². The fourth-order valence-corrected chi connectivity index (χ4v) is 2.00. The summed E-state index contributed by atoms with van der Waals surface area (Å²) in [5, 5.41) is 15.6. The van der Waals surface area contributed by atoms with Crippen molar-refractivity contribution in [2.24, 2.45) is 0 Å². The molecule has 0 amide bonds. The van der Waals surface area contributed by atoms with Crippen LogP contribution in [0.1, 0.15) is 17.2 Å². The molecule has 0 spiro atoms. The number of carboxylic acids is 2. The summed E-state index contributed by atoms with van der Waals surface area (Å²) in [6, 6.07) is 8.35. The maximum Gasteiger partial charge on any atom is 0.328 e. The van der Waals surface area contributed by atoms with Crippen LogP contribution in [-0.2, 0) is 25.7 Å². The molecular formula is C17H23NO6. The smallest absolute Gasteiger partial charge is 0.328 e. The molecule has 1 aromatic carbocycles. The molecule has 0 saturated heterocycles. The summed E-state index contributed by atoms with van der Waals surface area (Å²) in [6.45, 7) is 3.07. The first-order valence-electron chi connectivity index (χ1n) is 7.46. The van der Waals surface area contributed by atoms with Gasteiger partial charge in [0.15, 0.2) is 0 Å². The second-order valence-electron chi connectivity index (χ2n) is 5.39. The molecule has 1 aromatic rings. The summed E-state index contributed by atoms with van der Waals surface area (Å²) < 4.78 is 11.4. The second-order valence-corrected chi connectivity index (χ2v) is 5.39. The molecule has 0 bridgehead atoms. The van der Waals surface area contributed by atoms with Crippen molar-refractivity contribution in [1.82, 2.24) is 4.90 Å². The zero-order valence-electron chi connectivity index (χ0n) is 13.8. The Hall–Kier alpha value is -2.22. The molecule has 0 radical (unpaired) electrons. The highest BCUT2D eigenvalue weighted by atomic mass is 16.5. The summed E-state index contributed by atoms with van der Waals surface area (Å²) in [4.78, 5) is 21.2. The number of likely N-dealkylation sites (N-methyl/N-ethyl adjacent to an activating group) is 1. The van der Waals surface area contributed by atoms with Crippen molar-refractivity contribution < 1.29 is 29.3 Å². The van der Waals surface area contributed by atoms with Gasteiger partial charge in [-0.3, -0.25) is 0 Å². The van der Waals surface area contributed by atoms with Gasteiger partial charge in [0, 0.05) is 18.7 Å². The highest BCUT2D eigenvalue weighted by Gasteiger charge is 2.20. The van der Waals surface area contributed by atoms with E-state index >= 15 is 0 Å². The van der Waals surface area contributed by atoms with Gasteiger partial charge in [-0.2, -0.15) is 0 Å². The van der Waals surface area contributed by atoms with Gasteiger partial charge in [-0.1, -0.05) is 24.3 Å². The number of ether oxygens (including phenoxy) is 2. The molecule has 1 heterocycles. The van der Waals surface area contributed by atoms with Crippen LogP contribution in [0.25, 0.3) is 0 Å². The Bertz CT molecular complexity index is 554. The fraction of sp³-hybridized carbons (Fsp3) is 0.412. The summed E-state index contributed by atoms with van der Waals surface area (Å²) >= 11 is 0. The summed E-state index contributed by atoms with van der Waals surface area (Å²) in [5.41, 5.74) is 2.54. The standard InChI is InChI=1S/C13H19NO2.C4H4O4/c1-14(2)7-8-16-13-10-15-9-11-5-3-4-6-12(11)13;5-3(6)1-2-4(7)8/h3-6,13H,7-10H2,1-2H3;1-2H,(H,5,6)(H,7,8). The van der Waals surface area contributed by atoms with Gasteiger partial charge in [0.2, 0.25) is 0 Å². The third kappa shape index (κ3) is 7.87. The van der Waals surface area contributed by atoms with Crippen LogP contribution in [0.15, 0.2) is 36.4 Å². The number of hydrogen-bond acceptors (Lipinski definition) is 5. The molecule has 132 valence electrons. The van der Waals surface area contributed by atoms with E-state index < -0.39 is 11.9 Å². The molecule has 24 heavy (non-hydrogen) atoms. The molecule has 7 nitrogen and oxygen atoms in total. The third-order valence-electron chi connectivity index (χ3n) is 3.15. The highest BCUT2D eigenvalue weighted by molar-refractivity contribution is 5.89. The van der Waals surface area contributed by atoms with Crippen LogP contribution in [0.3, 0.4) is 0 Å². The first kappa shape index (κ1) is 19.8. The van der Waals surface area contributed by atoms with Gasteiger partial charge >= 0.3 is 11.9 Å².